The lowest BCUT2D eigenvalue weighted by molar-refractivity contribution is -0.137. The summed E-state index contributed by atoms with van der Waals surface area (Å²) in [5.41, 5.74) is 3.33. The maximum Gasteiger partial charge on any atom is 0.416 e. The molecule has 6 nitrogen and oxygen atoms in total. The molecule has 0 bridgehead atoms. The molecule has 2 aromatic heterocycles. The number of hydrogen-bond acceptors (Lipinski definition) is 3. The lowest BCUT2D eigenvalue weighted by atomic mass is 10.0. The molecule has 4 aromatic rings. The number of carbonyl (C=O) groups is 1. The van der Waals surface area contributed by atoms with Crippen LogP contribution in [0.5, 0.6) is 0 Å². The van der Waals surface area contributed by atoms with Crippen molar-refractivity contribution >= 4 is 22.6 Å². The quantitative estimate of drug-likeness (QED) is 0.469. The lowest BCUT2D eigenvalue weighted by Crippen LogP contribution is -2.42. The highest BCUT2D eigenvalue weighted by Crippen LogP contribution is 2.35. The van der Waals surface area contributed by atoms with E-state index >= 15 is 0 Å². The molecule has 3 heterocycles. The molecule has 0 N–H and O–H groups in total. The highest BCUT2D eigenvalue weighted by molar-refractivity contribution is 6.10. The number of hydrogen-bond donors (Lipinski definition) is 0. The van der Waals surface area contributed by atoms with Gasteiger partial charge in [0.15, 0.2) is 0 Å². The standard InChI is InChI=1S/C22H18F3N5O/c1-13-11-29(16-6-4-15(5-7-16)22(23,24)25)21(31)20-17(10-27-30(13)20)14-3-8-19-18(9-14)26-12-28(19)2/h3-10,12-13H,11H2,1-2H3/t13-/m0/s1. The molecular formula is C22H18F3N5O. The van der Waals surface area contributed by atoms with Gasteiger partial charge in [-0.05, 0) is 48.9 Å². The van der Waals surface area contributed by atoms with Gasteiger partial charge >= 0.3 is 6.18 Å². The monoisotopic (exact) mass is 425 g/mol. The van der Waals surface area contributed by atoms with E-state index in [4.69, 9.17) is 0 Å². The number of aryl methyl sites for hydroxylation is 1. The van der Waals surface area contributed by atoms with Crippen LogP contribution in [0.3, 0.4) is 0 Å². The van der Waals surface area contributed by atoms with Crippen molar-refractivity contribution in [3.05, 3.63) is 66.2 Å². The molecule has 1 atom stereocenters. The summed E-state index contributed by atoms with van der Waals surface area (Å²) in [5.74, 6) is -0.300. The summed E-state index contributed by atoms with van der Waals surface area (Å²) in [6.07, 6.45) is -1.04. The number of imidazole rings is 1. The van der Waals surface area contributed by atoms with Crippen molar-refractivity contribution < 1.29 is 18.0 Å². The second-order valence-corrected chi connectivity index (χ2v) is 7.72. The van der Waals surface area contributed by atoms with Gasteiger partial charge in [-0.15, -0.1) is 0 Å². The van der Waals surface area contributed by atoms with Crippen LogP contribution in [-0.2, 0) is 13.2 Å². The molecule has 0 spiro atoms. The predicted molar refractivity (Wildman–Crippen MR) is 110 cm³/mol. The van der Waals surface area contributed by atoms with Crippen molar-refractivity contribution in [1.82, 2.24) is 19.3 Å². The van der Waals surface area contributed by atoms with Gasteiger partial charge in [0.2, 0.25) is 0 Å². The minimum atomic E-state index is -4.42. The van der Waals surface area contributed by atoms with Crippen LogP contribution < -0.4 is 4.90 Å². The molecule has 0 saturated heterocycles. The molecule has 0 saturated carbocycles. The molecule has 0 fully saturated rings. The molecule has 158 valence electrons. The fourth-order valence-electron chi connectivity index (χ4n) is 4.03. The second kappa shape index (κ2) is 6.69. The van der Waals surface area contributed by atoms with Gasteiger partial charge in [-0.1, -0.05) is 6.07 Å². The fraction of sp³-hybridized carbons (Fsp3) is 0.227. The summed E-state index contributed by atoms with van der Waals surface area (Å²) in [4.78, 5) is 19.3. The van der Waals surface area contributed by atoms with Crippen molar-refractivity contribution in [3.8, 4) is 11.1 Å². The number of amides is 1. The van der Waals surface area contributed by atoms with Crippen LogP contribution in [0, 0.1) is 0 Å². The van der Waals surface area contributed by atoms with Crippen molar-refractivity contribution in [2.45, 2.75) is 19.1 Å². The Hall–Kier alpha value is -3.62. The molecular weight excluding hydrogens is 407 g/mol. The average Bonchev–Trinajstić information content (AvgIpc) is 3.35. The minimum absolute atomic E-state index is 0.137. The Labute approximate surface area is 175 Å². The Bertz CT molecular complexity index is 1300. The normalized spacial score (nSPS) is 16.7. The van der Waals surface area contributed by atoms with Crippen LogP contribution in [0.2, 0.25) is 0 Å². The van der Waals surface area contributed by atoms with Gasteiger partial charge in [-0.2, -0.15) is 18.3 Å². The van der Waals surface area contributed by atoms with E-state index in [-0.39, 0.29) is 11.9 Å². The van der Waals surface area contributed by atoms with Crippen molar-refractivity contribution in [2.75, 3.05) is 11.4 Å². The average molecular weight is 425 g/mol. The van der Waals surface area contributed by atoms with E-state index < -0.39 is 11.7 Å². The number of nitrogens with zero attached hydrogens (tertiary/aromatic N) is 5. The predicted octanol–water partition coefficient (Wildman–Crippen LogP) is 4.68. The fourth-order valence-corrected chi connectivity index (χ4v) is 4.03. The summed E-state index contributed by atoms with van der Waals surface area (Å²) in [7, 11) is 1.91. The molecule has 0 aliphatic carbocycles. The minimum Gasteiger partial charge on any atom is -0.334 e. The zero-order valence-electron chi connectivity index (χ0n) is 16.8. The third-order valence-corrected chi connectivity index (χ3v) is 5.65. The topological polar surface area (TPSA) is 56.0 Å². The molecule has 0 unspecified atom stereocenters. The number of halogens is 3. The first-order valence-electron chi connectivity index (χ1n) is 9.72. The van der Waals surface area contributed by atoms with E-state index in [1.165, 1.54) is 17.0 Å². The van der Waals surface area contributed by atoms with Gasteiger partial charge in [0, 0.05) is 24.8 Å². The van der Waals surface area contributed by atoms with Crippen LogP contribution in [0.4, 0.5) is 18.9 Å². The van der Waals surface area contributed by atoms with Crippen molar-refractivity contribution in [1.29, 1.82) is 0 Å². The summed E-state index contributed by atoms with van der Waals surface area (Å²) in [6, 6.07) is 10.3. The van der Waals surface area contributed by atoms with Crippen molar-refractivity contribution in [3.63, 3.8) is 0 Å². The number of aromatic nitrogens is 4. The number of anilines is 1. The highest BCUT2D eigenvalue weighted by atomic mass is 19.4. The van der Waals surface area contributed by atoms with Gasteiger partial charge in [0.1, 0.15) is 5.69 Å². The molecule has 31 heavy (non-hydrogen) atoms. The van der Waals surface area contributed by atoms with Gasteiger partial charge in [0.25, 0.3) is 5.91 Å². The lowest BCUT2D eigenvalue weighted by Gasteiger charge is -2.32. The second-order valence-electron chi connectivity index (χ2n) is 7.72. The zero-order valence-corrected chi connectivity index (χ0v) is 16.8. The molecule has 1 aliphatic heterocycles. The Kier molecular flexibility index (Phi) is 4.18. The zero-order chi connectivity index (χ0) is 21.9. The third-order valence-electron chi connectivity index (χ3n) is 5.65. The highest BCUT2D eigenvalue weighted by Gasteiger charge is 2.35. The Balaban J connectivity index is 1.56. The number of carbonyl (C=O) groups excluding carboxylic acids is 1. The van der Waals surface area contributed by atoms with Crippen LogP contribution in [0.15, 0.2) is 55.0 Å². The van der Waals surface area contributed by atoms with Crippen LogP contribution in [0.25, 0.3) is 22.2 Å². The molecule has 0 radical (unpaired) electrons. The Morgan fingerprint density at radius 2 is 1.84 bits per heavy atom. The van der Waals surface area contributed by atoms with Crippen LogP contribution in [-0.4, -0.2) is 31.8 Å². The number of rotatable bonds is 2. The maximum absolute atomic E-state index is 13.4. The summed E-state index contributed by atoms with van der Waals surface area (Å²) >= 11 is 0. The first-order chi connectivity index (χ1) is 14.7. The van der Waals surface area contributed by atoms with Crippen LogP contribution >= 0.6 is 0 Å². The first kappa shape index (κ1) is 19.3. The molecule has 9 heteroatoms. The van der Waals surface area contributed by atoms with Gasteiger partial charge in [-0.3, -0.25) is 9.48 Å². The molecule has 2 aromatic carbocycles. The Morgan fingerprint density at radius 3 is 2.55 bits per heavy atom. The van der Waals surface area contributed by atoms with E-state index in [9.17, 15) is 18.0 Å². The number of alkyl halides is 3. The number of benzene rings is 2. The van der Waals surface area contributed by atoms with Gasteiger partial charge in [-0.25, -0.2) is 4.98 Å². The van der Waals surface area contributed by atoms with E-state index in [1.807, 2.05) is 36.7 Å². The summed E-state index contributed by atoms with van der Waals surface area (Å²) < 4.78 is 42.3. The largest absolute Gasteiger partial charge is 0.416 e. The third kappa shape index (κ3) is 3.08. The molecule has 1 aliphatic rings. The Morgan fingerprint density at radius 1 is 1.10 bits per heavy atom. The maximum atomic E-state index is 13.4. The van der Waals surface area contributed by atoms with E-state index in [1.54, 1.807) is 17.2 Å². The van der Waals surface area contributed by atoms with E-state index in [0.717, 1.165) is 28.7 Å². The van der Waals surface area contributed by atoms with Crippen molar-refractivity contribution in [2.24, 2.45) is 7.05 Å². The van der Waals surface area contributed by atoms with E-state index in [2.05, 4.69) is 10.1 Å². The van der Waals surface area contributed by atoms with E-state index in [0.29, 0.717) is 23.5 Å². The van der Waals surface area contributed by atoms with Crippen LogP contribution in [0.1, 0.15) is 29.0 Å². The summed E-state index contributed by atoms with van der Waals surface area (Å²) in [6.45, 7) is 2.24. The molecule has 5 rings (SSSR count). The molecule has 1 amide bonds. The number of fused-ring (bicyclic) bond motifs is 2. The smallest absolute Gasteiger partial charge is 0.334 e. The van der Waals surface area contributed by atoms with Gasteiger partial charge < -0.3 is 9.47 Å². The van der Waals surface area contributed by atoms with Gasteiger partial charge in [0.05, 0.1) is 35.2 Å². The SMILES string of the molecule is C[C@H]1CN(c2ccc(C(F)(F)F)cc2)C(=O)c2c(-c3ccc4c(c3)ncn4C)cnn21. The summed E-state index contributed by atoms with van der Waals surface area (Å²) in [5, 5.41) is 4.42. The first-order valence-corrected chi connectivity index (χ1v) is 9.72.